The molecule has 2 rings (SSSR count). The summed E-state index contributed by atoms with van der Waals surface area (Å²) in [7, 11) is 0. The van der Waals surface area contributed by atoms with E-state index < -0.39 is 5.97 Å². The van der Waals surface area contributed by atoms with Crippen molar-refractivity contribution in [3.8, 4) is 6.07 Å². The van der Waals surface area contributed by atoms with Gasteiger partial charge in [0.25, 0.3) is 0 Å². The van der Waals surface area contributed by atoms with E-state index in [1.807, 2.05) is 6.07 Å². The lowest BCUT2D eigenvalue weighted by Gasteiger charge is -2.03. The van der Waals surface area contributed by atoms with Crippen LogP contribution in [0.25, 0.3) is 0 Å². The van der Waals surface area contributed by atoms with Crippen LogP contribution in [0, 0.1) is 11.3 Å². The van der Waals surface area contributed by atoms with Gasteiger partial charge in [-0.3, -0.25) is 0 Å². The monoisotopic (exact) mass is 256 g/mol. The number of rotatable bonds is 3. The molecule has 1 N–H and O–H groups in total. The number of aromatic nitrogens is 1. The first-order valence-corrected chi connectivity index (χ1v) is 5.88. The maximum Gasteiger partial charge on any atom is 0.335 e. The van der Waals surface area contributed by atoms with E-state index in [-0.39, 0.29) is 5.56 Å². The summed E-state index contributed by atoms with van der Waals surface area (Å²) in [6.45, 7) is 0. The molecule has 1 aromatic heterocycles. The van der Waals surface area contributed by atoms with Crippen molar-refractivity contribution >= 4 is 17.7 Å². The lowest BCUT2D eigenvalue weighted by Crippen LogP contribution is -1.95. The first-order chi connectivity index (χ1) is 8.70. The highest BCUT2D eigenvalue weighted by atomic mass is 32.2. The fraction of sp³-hybridized carbons (Fsp3) is 0. The average molecular weight is 256 g/mol. The van der Waals surface area contributed by atoms with Crippen LogP contribution in [-0.4, -0.2) is 16.1 Å². The van der Waals surface area contributed by atoms with Crippen LogP contribution in [0.3, 0.4) is 0 Å². The van der Waals surface area contributed by atoms with Crippen LogP contribution >= 0.6 is 11.8 Å². The number of nitriles is 1. The van der Waals surface area contributed by atoms with E-state index in [4.69, 9.17) is 10.4 Å². The number of hydrogen-bond acceptors (Lipinski definition) is 4. The zero-order valence-electron chi connectivity index (χ0n) is 9.20. The van der Waals surface area contributed by atoms with Gasteiger partial charge in [-0.2, -0.15) is 5.26 Å². The average Bonchev–Trinajstić information content (AvgIpc) is 2.39. The van der Waals surface area contributed by atoms with E-state index in [1.165, 1.54) is 17.8 Å². The number of hydrogen-bond donors (Lipinski definition) is 1. The maximum atomic E-state index is 10.9. The predicted molar refractivity (Wildman–Crippen MR) is 66.5 cm³/mol. The third-order valence-electron chi connectivity index (χ3n) is 2.19. The van der Waals surface area contributed by atoms with Gasteiger partial charge in [0.1, 0.15) is 6.07 Å². The smallest absolute Gasteiger partial charge is 0.335 e. The van der Waals surface area contributed by atoms with Gasteiger partial charge < -0.3 is 5.11 Å². The Bertz CT molecular complexity index is 635. The maximum absolute atomic E-state index is 10.9. The molecule has 0 aliphatic rings. The van der Waals surface area contributed by atoms with Gasteiger partial charge in [0.2, 0.25) is 0 Å². The van der Waals surface area contributed by atoms with Gasteiger partial charge in [0.05, 0.1) is 5.56 Å². The minimum Gasteiger partial charge on any atom is -0.478 e. The number of nitrogens with zero attached hydrogens (tertiary/aromatic N) is 2. The second-order valence-electron chi connectivity index (χ2n) is 3.40. The summed E-state index contributed by atoms with van der Waals surface area (Å²) >= 11 is 1.32. The summed E-state index contributed by atoms with van der Waals surface area (Å²) in [5, 5.41) is 17.8. The molecule has 5 heteroatoms. The van der Waals surface area contributed by atoms with Gasteiger partial charge in [-0.05, 0) is 30.3 Å². The second kappa shape index (κ2) is 5.34. The molecule has 18 heavy (non-hydrogen) atoms. The zero-order chi connectivity index (χ0) is 13.0. The number of carboxylic acid groups (broad SMARTS) is 1. The van der Waals surface area contributed by atoms with Crippen molar-refractivity contribution in [3.05, 3.63) is 53.9 Å². The van der Waals surface area contributed by atoms with Crippen molar-refractivity contribution in [1.82, 2.24) is 4.98 Å². The molecule has 0 aliphatic carbocycles. The first kappa shape index (κ1) is 12.1. The van der Waals surface area contributed by atoms with E-state index in [9.17, 15) is 4.79 Å². The molecule has 1 heterocycles. The minimum atomic E-state index is -0.968. The number of carbonyl (C=O) groups is 1. The molecule has 0 aliphatic heterocycles. The third kappa shape index (κ3) is 2.67. The van der Waals surface area contributed by atoms with Crippen LogP contribution < -0.4 is 0 Å². The fourth-order valence-electron chi connectivity index (χ4n) is 1.38. The highest BCUT2D eigenvalue weighted by Crippen LogP contribution is 2.29. The number of pyridine rings is 1. The molecule has 0 radical (unpaired) electrons. The number of benzene rings is 1. The Balaban J connectivity index is 2.32. The van der Waals surface area contributed by atoms with Crippen molar-refractivity contribution in [1.29, 1.82) is 5.26 Å². The topological polar surface area (TPSA) is 74.0 Å². The van der Waals surface area contributed by atoms with Gasteiger partial charge in [-0.25, -0.2) is 9.78 Å². The van der Waals surface area contributed by atoms with E-state index in [0.717, 1.165) is 4.90 Å². The van der Waals surface area contributed by atoms with Gasteiger partial charge in [-0.1, -0.05) is 17.8 Å². The number of aromatic carboxylic acids is 1. The summed E-state index contributed by atoms with van der Waals surface area (Å²) in [5.74, 6) is -0.968. The quantitative estimate of drug-likeness (QED) is 0.914. The zero-order valence-corrected chi connectivity index (χ0v) is 10.0. The summed E-state index contributed by atoms with van der Waals surface area (Å²) in [4.78, 5) is 16.3. The summed E-state index contributed by atoms with van der Waals surface area (Å²) < 4.78 is 0. The Morgan fingerprint density at radius 3 is 2.89 bits per heavy atom. The molecule has 0 saturated heterocycles. The van der Waals surface area contributed by atoms with Crippen LogP contribution in [0.2, 0.25) is 0 Å². The predicted octanol–water partition coefficient (Wildman–Crippen LogP) is 2.80. The molecule has 1 aromatic carbocycles. The van der Waals surface area contributed by atoms with Crippen molar-refractivity contribution < 1.29 is 9.90 Å². The van der Waals surface area contributed by atoms with Crippen LogP contribution in [0.1, 0.15) is 16.1 Å². The van der Waals surface area contributed by atoms with Gasteiger partial charge in [0, 0.05) is 16.0 Å². The molecule has 88 valence electrons. The lowest BCUT2D eigenvalue weighted by molar-refractivity contribution is 0.0696. The first-order valence-electron chi connectivity index (χ1n) is 5.07. The van der Waals surface area contributed by atoms with Crippen molar-refractivity contribution in [3.63, 3.8) is 0 Å². The molecular weight excluding hydrogens is 248 g/mol. The Hall–Kier alpha value is -2.32. The Morgan fingerprint density at radius 2 is 2.17 bits per heavy atom. The molecule has 0 bridgehead atoms. The van der Waals surface area contributed by atoms with E-state index >= 15 is 0 Å². The standard InChI is InChI=1S/C13H8N2O2S/c14-8-11-12(5-2-6-15-11)18-10-4-1-3-9(7-10)13(16)17/h1-7H,(H,16,17). The third-order valence-corrected chi connectivity index (χ3v) is 3.22. The SMILES string of the molecule is N#Cc1ncccc1Sc1cccc(C(=O)O)c1. The van der Waals surface area contributed by atoms with Gasteiger partial charge >= 0.3 is 5.97 Å². The normalized spacial score (nSPS) is 9.72. The lowest BCUT2D eigenvalue weighted by atomic mass is 10.2. The largest absolute Gasteiger partial charge is 0.478 e. The molecule has 0 amide bonds. The van der Waals surface area contributed by atoms with Crippen LogP contribution in [-0.2, 0) is 0 Å². The van der Waals surface area contributed by atoms with Crippen LogP contribution in [0.4, 0.5) is 0 Å². The van der Waals surface area contributed by atoms with Gasteiger partial charge in [0.15, 0.2) is 5.69 Å². The van der Waals surface area contributed by atoms with E-state index in [2.05, 4.69) is 4.98 Å². The second-order valence-corrected chi connectivity index (χ2v) is 4.51. The van der Waals surface area contributed by atoms with Gasteiger partial charge in [-0.15, -0.1) is 0 Å². The summed E-state index contributed by atoms with van der Waals surface area (Å²) in [6.07, 6.45) is 1.55. The van der Waals surface area contributed by atoms with E-state index in [1.54, 1.807) is 36.5 Å². The van der Waals surface area contributed by atoms with Crippen LogP contribution in [0.15, 0.2) is 52.4 Å². The molecule has 4 nitrogen and oxygen atoms in total. The molecule has 0 atom stereocenters. The molecule has 0 fully saturated rings. The summed E-state index contributed by atoms with van der Waals surface area (Å²) in [5.41, 5.74) is 0.561. The Labute approximate surface area is 108 Å². The molecule has 2 aromatic rings. The minimum absolute atomic E-state index is 0.224. The molecule has 0 spiro atoms. The fourth-order valence-corrected chi connectivity index (χ4v) is 2.30. The highest BCUT2D eigenvalue weighted by Gasteiger charge is 2.07. The van der Waals surface area contributed by atoms with Crippen molar-refractivity contribution in [2.45, 2.75) is 9.79 Å². The molecule has 0 saturated carbocycles. The van der Waals surface area contributed by atoms with E-state index in [0.29, 0.717) is 10.6 Å². The van der Waals surface area contributed by atoms with Crippen molar-refractivity contribution in [2.24, 2.45) is 0 Å². The van der Waals surface area contributed by atoms with Crippen LogP contribution in [0.5, 0.6) is 0 Å². The van der Waals surface area contributed by atoms with Crippen molar-refractivity contribution in [2.75, 3.05) is 0 Å². The molecule has 0 unspecified atom stereocenters. The Kier molecular flexibility index (Phi) is 3.60. The summed E-state index contributed by atoms with van der Waals surface area (Å²) in [6, 6.07) is 12.1. The number of carboxylic acids is 1. The highest BCUT2D eigenvalue weighted by molar-refractivity contribution is 7.99. The Morgan fingerprint density at radius 1 is 1.33 bits per heavy atom. The molecular formula is C13H8N2O2S.